The van der Waals surface area contributed by atoms with Crippen molar-refractivity contribution in [2.24, 2.45) is 5.92 Å². The van der Waals surface area contributed by atoms with Crippen molar-refractivity contribution in [2.75, 3.05) is 25.1 Å². The number of nitrogens with one attached hydrogen (secondary N) is 1. The Labute approximate surface area is 114 Å². The SMILES string of the molecule is Cc1cc(NCC2CCOCC2)c2ccccc2n1. The highest BCUT2D eigenvalue weighted by atomic mass is 16.5. The maximum atomic E-state index is 5.40. The van der Waals surface area contributed by atoms with Gasteiger partial charge in [0.1, 0.15) is 0 Å². The van der Waals surface area contributed by atoms with E-state index in [1.807, 2.05) is 13.0 Å². The fourth-order valence-corrected chi connectivity index (χ4v) is 2.66. The lowest BCUT2D eigenvalue weighted by molar-refractivity contribution is 0.0699. The molecule has 1 aliphatic heterocycles. The molecule has 100 valence electrons. The first-order chi connectivity index (χ1) is 9.33. The Morgan fingerprint density at radius 1 is 1.26 bits per heavy atom. The van der Waals surface area contributed by atoms with Gasteiger partial charge in [0.2, 0.25) is 0 Å². The molecule has 0 amide bonds. The van der Waals surface area contributed by atoms with E-state index in [0.29, 0.717) is 0 Å². The minimum absolute atomic E-state index is 0.723. The number of fused-ring (bicyclic) bond motifs is 1. The number of hydrogen-bond acceptors (Lipinski definition) is 3. The highest BCUT2D eigenvalue weighted by Gasteiger charge is 2.14. The maximum Gasteiger partial charge on any atom is 0.0725 e. The van der Waals surface area contributed by atoms with Crippen LogP contribution >= 0.6 is 0 Å². The first-order valence-corrected chi connectivity index (χ1v) is 7.01. The van der Waals surface area contributed by atoms with E-state index in [2.05, 4.69) is 34.6 Å². The minimum atomic E-state index is 0.723. The van der Waals surface area contributed by atoms with Crippen LogP contribution in [0.3, 0.4) is 0 Å². The van der Waals surface area contributed by atoms with Crippen LogP contribution in [0, 0.1) is 12.8 Å². The molecule has 3 nitrogen and oxygen atoms in total. The molecule has 0 aliphatic carbocycles. The lowest BCUT2D eigenvalue weighted by Crippen LogP contribution is -2.22. The van der Waals surface area contributed by atoms with Crippen LogP contribution < -0.4 is 5.32 Å². The monoisotopic (exact) mass is 256 g/mol. The molecule has 0 bridgehead atoms. The number of benzene rings is 1. The van der Waals surface area contributed by atoms with Crippen molar-refractivity contribution in [3.05, 3.63) is 36.0 Å². The molecule has 0 spiro atoms. The zero-order valence-corrected chi connectivity index (χ0v) is 11.4. The Bertz CT molecular complexity index is 562. The van der Waals surface area contributed by atoms with E-state index in [4.69, 9.17) is 4.74 Å². The predicted molar refractivity (Wildman–Crippen MR) is 78.5 cm³/mol. The standard InChI is InChI=1S/C16H20N2O/c1-12-10-16(14-4-2-3-5-15(14)18-12)17-11-13-6-8-19-9-7-13/h2-5,10,13H,6-9,11H2,1H3,(H,17,18). The second kappa shape index (κ2) is 5.57. The van der Waals surface area contributed by atoms with Gasteiger partial charge in [-0.1, -0.05) is 18.2 Å². The summed E-state index contributed by atoms with van der Waals surface area (Å²) in [4.78, 5) is 4.57. The van der Waals surface area contributed by atoms with Crippen molar-refractivity contribution >= 4 is 16.6 Å². The van der Waals surface area contributed by atoms with Gasteiger partial charge in [0.05, 0.1) is 5.52 Å². The van der Waals surface area contributed by atoms with E-state index >= 15 is 0 Å². The summed E-state index contributed by atoms with van der Waals surface area (Å²) in [6, 6.07) is 10.5. The molecular formula is C16H20N2O. The number of ether oxygens (including phenoxy) is 1. The van der Waals surface area contributed by atoms with Gasteiger partial charge in [0.15, 0.2) is 0 Å². The summed E-state index contributed by atoms with van der Waals surface area (Å²) in [5, 5.41) is 4.81. The van der Waals surface area contributed by atoms with Crippen molar-refractivity contribution in [1.29, 1.82) is 0 Å². The van der Waals surface area contributed by atoms with Crippen LogP contribution in [0.1, 0.15) is 18.5 Å². The molecule has 0 unspecified atom stereocenters. The third-order valence-corrected chi connectivity index (χ3v) is 3.77. The van der Waals surface area contributed by atoms with E-state index in [1.54, 1.807) is 0 Å². The molecule has 0 atom stereocenters. The molecule has 3 heteroatoms. The lowest BCUT2D eigenvalue weighted by atomic mass is 10.00. The molecule has 0 radical (unpaired) electrons. The van der Waals surface area contributed by atoms with Gasteiger partial charge in [-0.3, -0.25) is 4.98 Å². The minimum Gasteiger partial charge on any atom is -0.384 e. The Morgan fingerprint density at radius 3 is 2.89 bits per heavy atom. The van der Waals surface area contributed by atoms with Gasteiger partial charge in [-0.05, 0) is 37.8 Å². The smallest absolute Gasteiger partial charge is 0.0725 e. The normalized spacial score (nSPS) is 16.7. The molecule has 1 fully saturated rings. The summed E-state index contributed by atoms with van der Waals surface area (Å²) in [7, 11) is 0. The van der Waals surface area contributed by atoms with E-state index in [9.17, 15) is 0 Å². The number of pyridine rings is 1. The fraction of sp³-hybridized carbons (Fsp3) is 0.438. The maximum absolute atomic E-state index is 5.40. The fourth-order valence-electron chi connectivity index (χ4n) is 2.66. The first kappa shape index (κ1) is 12.4. The highest BCUT2D eigenvalue weighted by molar-refractivity contribution is 5.91. The van der Waals surface area contributed by atoms with Gasteiger partial charge in [0, 0.05) is 36.5 Å². The van der Waals surface area contributed by atoms with Gasteiger partial charge in [-0.2, -0.15) is 0 Å². The van der Waals surface area contributed by atoms with Gasteiger partial charge in [-0.25, -0.2) is 0 Å². The number of aromatic nitrogens is 1. The average Bonchev–Trinajstić information content (AvgIpc) is 2.45. The van der Waals surface area contributed by atoms with E-state index < -0.39 is 0 Å². The van der Waals surface area contributed by atoms with Gasteiger partial charge < -0.3 is 10.1 Å². The molecular weight excluding hydrogens is 236 g/mol. The molecule has 0 saturated carbocycles. The first-order valence-electron chi connectivity index (χ1n) is 7.01. The van der Waals surface area contributed by atoms with E-state index in [-0.39, 0.29) is 0 Å². The van der Waals surface area contributed by atoms with Crippen molar-refractivity contribution in [3.8, 4) is 0 Å². The summed E-state index contributed by atoms with van der Waals surface area (Å²) in [5.74, 6) is 0.723. The third kappa shape index (κ3) is 2.87. The molecule has 1 N–H and O–H groups in total. The van der Waals surface area contributed by atoms with Crippen molar-refractivity contribution in [2.45, 2.75) is 19.8 Å². The number of para-hydroxylation sites is 1. The topological polar surface area (TPSA) is 34.1 Å². The van der Waals surface area contributed by atoms with Crippen molar-refractivity contribution in [1.82, 2.24) is 4.98 Å². The molecule has 1 saturated heterocycles. The van der Waals surface area contributed by atoms with Crippen LogP contribution in [0.2, 0.25) is 0 Å². The zero-order valence-electron chi connectivity index (χ0n) is 11.4. The van der Waals surface area contributed by atoms with Crippen molar-refractivity contribution in [3.63, 3.8) is 0 Å². The average molecular weight is 256 g/mol. The molecule has 3 rings (SSSR count). The zero-order chi connectivity index (χ0) is 13.1. The Balaban J connectivity index is 1.79. The Morgan fingerprint density at radius 2 is 2.05 bits per heavy atom. The van der Waals surface area contributed by atoms with Crippen LogP contribution in [0.5, 0.6) is 0 Å². The number of hydrogen-bond donors (Lipinski definition) is 1. The number of nitrogens with zero attached hydrogens (tertiary/aromatic N) is 1. The van der Waals surface area contributed by atoms with Gasteiger partial charge in [0.25, 0.3) is 0 Å². The number of aryl methyl sites for hydroxylation is 1. The third-order valence-electron chi connectivity index (χ3n) is 3.77. The summed E-state index contributed by atoms with van der Waals surface area (Å²) in [6.45, 7) is 4.88. The number of anilines is 1. The van der Waals surface area contributed by atoms with E-state index in [1.165, 1.54) is 11.1 Å². The highest BCUT2D eigenvalue weighted by Crippen LogP contribution is 2.24. The van der Waals surface area contributed by atoms with Crippen LogP contribution in [0.25, 0.3) is 10.9 Å². The van der Waals surface area contributed by atoms with Crippen LogP contribution in [0.15, 0.2) is 30.3 Å². The van der Waals surface area contributed by atoms with E-state index in [0.717, 1.165) is 49.7 Å². The molecule has 2 heterocycles. The predicted octanol–water partition coefficient (Wildman–Crippen LogP) is 3.38. The molecule has 2 aromatic rings. The van der Waals surface area contributed by atoms with Gasteiger partial charge >= 0.3 is 0 Å². The largest absolute Gasteiger partial charge is 0.384 e. The van der Waals surface area contributed by atoms with Crippen LogP contribution in [-0.2, 0) is 4.74 Å². The summed E-state index contributed by atoms with van der Waals surface area (Å²) < 4.78 is 5.40. The van der Waals surface area contributed by atoms with Crippen LogP contribution in [0.4, 0.5) is 5.69 Å². The molecule has 1 aromatic carbocycles. The molecule has 1 aliphatic rings. The summed E-state index contributed by atoms with van der Waals surface area (Å²) in [5.41, 5.74) is 3.33. The molecule has 19 heavy (non-hydrogen) atoms. The Kier molecular flexibility index (Phi) is 3.65. The van der Waals surface area contributed by atoms with Crippen LogP contribution in [-0.4, -0.2) is 24.7 Å². The summed E-state index contributed by atoms with van der Waals surface area (Å²) >= 11 is 0. The van der Waals surface area contributed by atoms with Gasteiger partial charge in [-0.15, -0.1) is 0 Å². The summed E-state index contributed by atoms with van der Waals surface area (Å²) in [6.07, 6.45) is 2.32. The lowest BCUT2D eigenvalue weighted by Gasteiger charge is -2.23. The second-order valence-corrected chi connectivity index (χ2v) is 5.26. The Hall–Kier alpha value is -1.61. The second-order valence-electron chi connectivity index (χ2n) is 5.26. The molecule has 1 aromatic heterocycles. The quantitative estimate of drug-likeness (QED) is 0.914. The number of rotatable bonds is 3. The van der Waals surface area contributed by atoms with Crippen molar-refractivity contribution < 1.29 is 4.74 Å².